The monoisotopic (exact) mass is 328 g/mol. The Morgan fingerprint density at radius 3 is 2.75 bits per heavy atom. The molecule has 0 aliphatic rings. The van der Waals surface area contributed by atoms with Crippen molar-refractivity contribution >= 4 is 67.2 Å². The third kappa shape index (κ3) is 1.45. The number of rotatable bonds is 0. The lowest BCUT2D eigenvalue weighted by Gasteiger charge is -1.94. The summed E-state index contributed by atoms with van der Waals surface area (Å²) >= 11 is 15.8. The van der Waals surface area contributed by atoms with Gasteiger partial charge in [-0.05, 0) is 40.1 Å². The zero-order chi connectivity index (χ0) is 8.72. The molecule has 0 spiro atoms. The molecule has 0 bridgehead atoms. The van der Waals surface area contributed by atoms with Gasteiger partial charge in [-0.1, -0.05) is 29.3 Å². The van der Waals surface area contributed by atoms with E-state index in [2.05, 4.69) is 28.7 Å². The molecule has 0 unspecified atom stereocenters. The lowest BCUT2D eigenvalue weighted by Crippen LogP contribution is -1.67. The third-order valence-electron chi connectivity index (χ3n) is 1.55. The van der Waals surface area contributed by atoms with E-state index >= 15 is 0 Å². The molecule has 0 amide bonds. The number of fused-ring (bicyclic) bond motifs is 1. The Hall–Kier alpha value is 0.490. The average Bonchev–Trinajstić information content (AvgIpc) is 2.39. The highest BCUT2D eigenvalue weighted by Crippen LogP contribution is 2.36. The van der Waals surface area contributed by atoms with Crippen LogP contribution in [0.5, 0.6) is 0 Å². The molecule has 2 aromatic rings. The van der Waals surface area contributed by atoms with Crippen LogP contribution in [-0.4, -0.2) is 0 Å². The molecule has 0 atom stereocenters. The second kappa shape index (κ2) is 3.33. The molecule has 0 saturated carbocycles. The van der Waals surface area contributed by atoms with Crippen molar-refractivity contribution in [1.82, 2.24) is 0 Å². The van der Waals surface area contributed by atoms with Crippen LogP contribution >= 0.6 is 57.1 Å². The lowest BCUT2D eigenvalue weighted by atomic mass is 10.3. The minimum absolute atomic E-state index is 0.627. The first-order valence-electron chi connectivity index (χ1n) is 3.21. The van der Waals surface area contributed by atoms with Crippen LogP contribution in [0.15, 0.2) is 18.2 Å². The van der Waals surface area contributed by atoms with E-state index in [9.17, 15) is 0 Å². The van der Waals surface area contributed by atoms with Crippen LogP contribution in [-0.2, 0) is 0 Å². The van der Waals surface area contributed by atoms with Crippen molar-refractivity contribution < 1.29 is 0 Å². The van der Waals surface area contributed by atoms with Gasteiger partial charge in [-0.2, -0.15) is 0 Å². The van der Waals surface area contributed by atoms with E-state index in [4.69, 9.17) is 23.2 Å². The topological polar surface area (TPSA) is 0 Å². The van der Waals surface area contributed by atoms with E-state index in [0.717, 1.165) is 4.70 Å². The summed E-state index contributed by atoms with van der Waals surface area (Å²) in [4.78, 5) is 0. The molecular formula is C8H3Cl2IS. The van der Waals surface area contributed by atoms with Gasteiger partial charge in [0.1, 0.15) is 0 Å². The van der Waals surface area contributed by atoms with E-state index in [1.54, 1.807) is 11.3 Å². The summed E-state index contributed by atoms with van der Waals surface area (Å²) in [5, 5.41) is 2.46. The smallest absolute Gasteiger partial charge is 0.0770 e. The van der Waals surface area contributed by atoms with E-state index < -0.39 is 0 Å². The average molecular weight is 329 g/mol. The molecule has 1 aromatic heterocycles. The number of hydrogen-bond acceptors (Lipinski definition) is 1. The maximum Gasteiger partial charge on any atom is 0.0770 e. The molecule has 0 N–H and O–H groups in total. The molecular weight excluding hydrogens is 326 g/mol. The highest BCUT2D eigenvalue weighted by atomic mass is 127. The third-order valence-corrected chi connectivity index (χ3v) is 4.39. The molecule has 0 saturated heterocycles. The Bertz CT molecular complexity index is 436. The van der Waals surface area contributed by atoms with Crippen molar-refractivity contribution in [2.75, 3.05) is 0 Å². The normalized spacial score (nSPS) is 10.9. The number of thiophene rings is 1. The van der Waals surface area contributed by atoms with Gasteiger partial charge in [-0.3, -0.25) is 0 Å². The van der Waals surface area contributed by atoms with Crippen LogP contribution in [0.25, 0.3) is 10.1 Å². The van der Waals surface area contributed by atoms with Crippen molar-refractivity contribution in [2.24, 2.45) is 0 Å². The Balaban J connectivity index is 2.89. The summed E-state index contributed by atoms with van der Waals surface area (Å²) in [5.74, 6) is 0. The van der Waals surface area contributed by atoms with Gasteiger partial charge >= 0.3 is 0 Å². The summed E-state index contributed by atoms with van der Waals surface area (Å²) in [6.45, 7) is 0. The van der Waals surface area contributed by atoms with Crippen LogP contribution in [0.3, 0.4) is 0 Å². The highest BCUT2D eigenvalue weighted by Gasteiger charge is 2.06. The predicted octanol–water partition coefficient (Wildman–Crippen LogP) is 4.81. The summed E-state index contributed by atoms with van der Waals surface area (Å²) in [5.41, 5.74) is 0. The molecule has 62 valence electrons. The van der Waals surface area contributed by atoms with Crippen LogP contribution in [0.2, 0.25) is 10.0 Å². The number of benzene rings is 1. The second-order valence-corrected chi connectivity index (χ2v) is 6.06. The second-order valence-electron chi connectivity index (χ2n) is 2.33. The van der Waals surface area contributed by atoms with Gasteiger partial charge in [0.15, 0.2) is 0 Å². The van der Waals surface area contributed by atoms with E-state index in [0.29, 0.717) is 10.0 Å². The molecule has 2 rings (SSSR count). The minimum atomic E-state index is 0.627. The van der Waals surface area contributed by atoms with E-state index in [-0.39, 0.29) is 0 Å². The van der Waals surface area contributed by atoms with Crippen molar-refractivity contribution in [3.05, 3.63) is 31.1 Å². The summed E-state index contributed by atoms with van der Waals surface area (Å²) in [6, 6.07) is 5.92. The Morgan fingerprint density at radius 2 is 2.00 bits per heavy atom. The van der Waals surface area contributed by atoms with Crippen molar-refractivity contribution in [3.8, 4) is 0 Å². The van der Waals surface area contributed by atoms with Crippen LogP contribution < -0.4 is 0 Å². The van der Waals surface area contributed by atoms with Crippen LogP contribution in [0, 0.1) is 2.88 Å². The predicted molar refractivity (Wildman–Crippen MR) is 64.6 cm³/mol. The molecule has 0 nitrogen and oxygen atoms in total. The molecule has 0 aliphatic carbocycles. The molecule has 0 fully saturated rings. The summed E-state index contributed by atoms with van der Waals surface area (Å²) in [7, 11) is 0. The van der Waals surface area contributed by atoms with Gasteiger partial charge in [0.2, 0.25) is 0 Å². The highest BCUT2D eigenvalue weighted by molar-refractivity contribution is 14.1. The van der Waals surface area contributed by atoms with Gasteiger partial charge in [-0.25, -0.2) is 0 Å². The molecule has 0 aliphatic heterocycles. The molecule has 4 heteroatoms. The zero-order valence-corrected chi connectivity index (χ0v) is 10.3. The first-order chi connectivity index (χ1) is 5.68. The maximum absolute atomic E-state index is 6.01. The summed E-state index contributed by atoms with van der Waals surface area (Å²) in [6.07, 6.45) is 0. The van der Waals surface area contributed by atoms with Crippen LogP contribution in [0.1, 0.15) is 0 Å². The Labute approximate surface area is 97.6 Å². The van der Waals surface area contributed by atoms with Gasteiger partial charge in [-0.15, -0.1) is 11.3 Å². The van der Waals surface area contributed by atoms with Crippen molar-refractivity contribution in [1.29, 1.82) is 0 Å². The molecule has 1 heterocycles. The first kappa shape index (κ1) is 9.06. The Kier molecular flexibility index (Phi) is 2.51. The quantitative estimate of drug-likeness (QED) is 0.609. The van der Waals surface area contributed by atoms with Gasteiger partial charge in [0.25, 0.3) is 0 Å². The van der Waals surface area contributed by atoms with E-state index in [1.807, 2.05) is 12.1 Å². The SMILES string of the molecule is Clc1ccc2cc(I)sc2c1Cl. The number of hydrogen-bond donors (Lipinski definition) is 0. The molecule has 12 heavy (non-hydrogen) atoms. The van der Waals surface area contributed by atoms with Crippen molar-refractivity contribution in [3.63, 3.8) is 0 Å². The van der Waals surface area contributed by atoms with Gasteiger partial charge in [0.05, 0.1) is 17.6 Å². The van der Waals surface area contributed by atoms with E-state index in [1.165, 1.54) is 8.27 Å². The number of halogens is 3. The first-order valence-corrected chi connectivity index (χ1v) is 5.86. The largest absolute Gasteiger partial charge is 0.128 e. The molecule has 1 aromatic carbocycles. The summed E-state index contributed by atoms with van der Waals surface area (Å²) < 4.78 is 2.31. The minimum Gasteiger partial charge on any atom is -0.128 e. The fourth-order valence-corrected chi connectivity index (χ4v) is 3.34. The fraction of sp³-hybridized carbons (Fsp3) is 0. The fourth-order valence-electron chi connectivity index (χ4n) is 1.01. The maximum atomic E-state index is 6.01. The lowest BCUT2D eigenvalue weighted by molar-refractivity contribution is 1.84. The van der Waals surface area contributed by atoms with Gasteiger partial charge < -0.3 is 0 Å². The Morgan fingerprint density at radius 1 is 1.25 bits per heavy atom. The molecule has 0 radical (unpaired) electrons. The zero-order valence-electron chi connectivity index (χ0n) is 5.77. The van der Waals surface area contributed by atoms with Crippen LogP contribution in [0.4, 0.5) is 0 Å². The standard InChI is InChI=1S/C8H3Cl2IS/c9-5-2-1-4-3-6(11)12-8(4)7(5)10/h1-3H. The van der Waals surface area contributed by atoms with Crippen molar-refractivity contribution in [2.45, 2.75) is 0 Å². The van der Waals surface area contributed by atoms with Gasteiger partial charge in [0, 0.05) is 0 Å².